The zero-order valence-electron chi connectivity index (χ0n) is 14.1. The summed E-state index contributed by atoms with van der Waals surface area (Å²) < 4.78 is 1.83. The molecule has 25 heavy (non-hydrogen) atoms. The molecule has 128 valence electrons. The van der Waals surface area contributed by atoms with E-state index in [2.05, 4.69) is 10.4 Å². The number of aryl methyl sites for hydroxylation is 2. The molecule has 0 aliphatic heterocycles. The lowest BCUT2D eigenvalue weighted by atomic mass is 10.1. The molecule has 1 N–H and O–H groups in total. The van der Waals surface area contributed by atoms with E-state index in [4.69, 9.17) is 11.6 Å². The first kappa shape index (κ1) is 17.2. The molecular weight excluding hydrogens is 334 g/mol. The number of aromatic nitrogens is 2. The summed E-state index contributed by atoms with van der Waals surface area (Å²) in [4.78, 5) is 12.3. The average molecular weight is 354 g/mol. The van der Waals surface area contributed by atoms with Crippen LogP contribution in [0.2, 0.25) is 5.02 Å². The fourth-order valence-corrected chi connectivity index (χ4v) is 2.81. The zero-order chi connectivity index (χ0) is 17.6. The highest BCUT2D eigenvalue weighted by atomic mass is 35.5. The van der Waals surface area contributed by atoms with Gasteiger partial charge in [0.2, 0.25) is 5.91 Å². The summed E-state index contributed by atoms with van der Waals surface area (Å²) in [5, 5.41) is 7.96. The lowest BCUT2D eigenvalue weighted by Gasteiger charge is -2.11. The monoisotopic (exact) mass is 353 g/mol. The van der Waals surface area contributed by atoms with Crippen molar-refractivity contribution in [1.29, 1.82) is 0 Å². The Bertz CT molecular complexity index is 859. The third-order valence-electron chi connectivity index (χ3n) is 4.06. The smallest absolute Gasteiger partial charge is 0.224 e. The maximum atomic E-state index is 12.3. The molecule has 0 saturated heterocycles. The van der Waals surface area contributed by atoms with Gasteiger partial charge in [-0.1, -0.05) is 41.9 Å². The number of nitrogens with one attached hydrogen (secondary N) is 1. The SMILES string of the molecule is Cc1ccc(CCC(=O)Nc2ccccc2Cn2cccn2)cc1Cl. The van der Waals surface area contributed by atoms with Crippen molar-refractivity contribution in [2.24, 2.45) is 0 Å². The predicted molar refractivity (Wildman–Crippen MR) is 101 cm³/mol. The van der Waals surface area contributed by atoms with Gasteiger partial charge in [-0.15, -0.1) is 0 Å². The molecule has 0 spiro atoms. The normalized spacial score (nSPS) is 10.6. The number of benzene rings is 2. The molecule has 3 aromatic rings. The summed E-state index contributed by atoms with van der Waals surface area (Å²) in [7, 11) is 0. The molecule has 1 heterocycles. The molecular formula is C20H20ClN3O. The molecule has 0 aliphatic rings. The minimum atomic E-state index is -0.00962. The number of para-hydroxylation sites is 1. The molecule has 5 heteroatoms. The van der Waals surface area contributed by atoms with E-state index < -0.39 is 0 Å². The van der Waals surface area contributed by atoms with Crippen LogP contribution in [0.4, 0.5) is 5.69 Å². The van der Waals surface area contributed by atoms with E-state index in [1.54, 1.807) is 6.20 Å². The standard InChI is InChI=1S/C20H20ClN3O/c1-15-7-8-16(13-18(15)21)9-10-20(25)23-19-6-3-2-5-17(19)14-24-12-4-11-22-24/h2-8,11-13H,9-10,14H2,1H3,(H,23,25). The third-order valence-corrected chi connectivity index (χ3v) is 4.47. The first-order chi connectivity index (χ1) is 12.1. The quantitative estimate of drug-likeness (QED) is 0.711. The van der Waals surface area contributed by atoms with E-state index in [1.165, 1.54) is 0 Å². The largest absolute Gasteiger partial charge is 0.326 e. The van der Waals surface area contributed by atoms with Crippen molar-refractivity contribution < 1.29 is 4.79 Å². The number of carbonyl (C=O) groups excluding carboxylic acids is 1. The predicted octanol–water partition coefficient (Wildman–Crippen LogP) is 4.46. The molecule has 0 aliphatic carbocycles. The van der Waals surface area contributed by atoms with Crippen LogP contribution in [0.3, 0.4) is 0 Å². The highest BCUT2D eigenvalue weighted by Crippen LogP contribution is 2.19. The van der Waals surface area contributed by atoms with Gasteiger partial charge < -0.3 is 5.32 Å². The van der Waals surface area contributed by atoms with Gasteiger partial charge in [-0.25, -0.2) is 0 Å². The van der Waals surface area contributed by atoms with E-state index in [0.717, 1.165) is 27.4 Å². The molecule has 0 atom stereocenters. The van der Waals surface area contributed by atoms with Crippen molar-refractivity contribution >= 4 is 23.2 Å². The fraction of sp³-hybridized carbons (Fsp3) is 0.200. The summed E-state index contributed by atoms with van der Waals surface area (Å²) in [6, 6.07) is 15.6. The Labute approximate surface area is 152 Å². The van der Waals surface area contributed by atoms with Crippen molar-refractivity contribution in [3.05, 3.63) is 82.6 Å². The highest BCUT2D eigenvalue weighted by molar-refractivity contribution is 6.31. The van der Waals surface area contributed by atoms with E-state index >= 15 is 0 Å². The van der Waals surface area contributed by atoms with Gasteiger partial charge in [0.25, 0.3) is 0 Å². The Kier molecular flexibility index (Phi) is 5.51. The van der Waals surface area contributed by atoms with Gasteiger partial charge in [0, 0.05) is 29.5 Å². The van der Waals surface area contributed by atoms with Crippen LogP contribution in [0, 0.1) is 6.92 Å². The van der Waals surface area contributed by atoms with Crippen molar-refractivity contribution in [2.45, 2.75) is 26.3 Å². The number of halogens is 1. The number of carbonyl (C=O) groups is 1. The van der Waals surface area contributed by atoms with Crippen LogP contribution in [0.15, 0.2) is 60.9 Å². The Hall–Kier alpha value is -2.59. The fourth-order valence-electron chi connectivity index (χ4n) is 2.61. The second kappa shape index (κ2) is 7.99. The first-order valence-electron chi connectivity index (χ1n) is 8.22. The maximum absolute atomic E-state index is 12.3. The lowest BCUT2D eigenvalue weighted by Crippen LogP contribution is -2.14. The van der Waals surface area contributed by atoms with Crippen molar-refractivity contribution in [3.8, 4) is 0 Å². The van der Waals surface area contributed by atoms with E-state index in [1.807, 2.05) is 66.3 Å². The number of nitrogens with zero attached hydrogens (tertiary/aromatic N) is 2. The average Bonchev–Trinajstić information content (AvgIpc) is 3.11. The van der Waals surface area contributed by atoms with Crippen LogP contribution in [0.5, 0.6) is 0 Å². The van der Waals surface area contributed by atoms with Crippen LogP contribution in [-0.4, -0.2) is 15.7 Å². The highest BCUT2D eigenvalue weighted by Gasteiger charge is 2.08. The Morgan fingerprint density at radius 3 is 2.80 bits per heavy atom. The van der Waals surface area contributed by atoms with Crippen LogP contribution < -0.4 is 5.32 Å². The first-order valence-corrected chi connectivity index (χ1v) is 8.60. The maximum Gasteiger partial charge on any atom is 0.224 e. The minimum Gasteiger partial charge on any atom is -0.326 e. The van der Waals surface area contributed by atoms with Crippen molar-refractivity contribution in [1.82, 2.24) is 9.78 Å². The van der Waals surface area contributed by atoms with Crippen LogP contribution in [0.1, 0.15) is 23.1 Å². The van der Waals surface area contributed by atoms with Gasteiger partial charge in [0.15, 0.2) is 0 Å². The van der Waals surface area contributed by atoms with Crippen LogP contribution in [0.25, 0.3) is 0 Å². The summed E-state index contributed by atoms with van der Waals surface area (Å²) in [6.45, 7) is 2.59. The molecule has 1 amide bonds. The van der Waals surface area contributed by atoms with Gasteiger partial charge in [-0.05, 0) is 48.2 Å². The molecule has 0 fully saturated rings. The zero-order valence-corrected chi connectivity index (χ0v) is 14.8. The topological polar surface area (TPSA) is 46.9 Å². The van der Waals surface area contributed by atoms with E-state index in [0.29, 0.717) is 19.4 Å². The molecule has 1 aromatic heterocycles. The molecule has 2 aromatic carbocycles. The van der Waals surface area contributed by atoms with Gasteiger partial charge >= 0.3 is 0 Å². The number of hydrogen-bond donors (Lipinski definition) is 1. The van der Waals surface area contributed by atoms with E-state index in [9.17, 15) is 4.79 Å². The van der Waals surface area contributed by atoms with Crippen LogP contribution >= 0.6 is 11.6 Å². The summed E-state index contributed by atoms with van der Waals surface area (Å²) >= 11 is 6.14. The molecule has 0 unspecified atom stereocenters. The van der Waals surface area contributed by atoms with Crippen molar-refractivity contribution in [2.75, 3.05) is 5.32 Å². The molecule has 0 saturated carbocycles. The van der Waals surface area contributed by atoms with Gasteiger partial charge in [-0.2, -0.15) is 5.10 Å². The molecule has 4 nitrogen and oxygen atoms in total. The summed E-state index contributed by atoms with van der Waals surface area (Å²) in [5.74, 6) is -0.00962. The molecule has 0 radical (unpaired) electrons. The summed E-state index contributed by atoms with van der Waals surface area (Å²) in [6.07, 6.45) is 4.72. The lowest BCUT2D eigenvalue weighted by molar-refractivity contribution is -0.116. The number of rotatable bonds is 6. The Morgan fingerprint density at radius 2 is 2.04 bits per heavy atom. The van der Waals surface area contributed by atoms with Crippen LogP contribution in [-0.2, 0) is 17.8 Å². The Balaban J connectivity index is 1.62. The number of anilines is 1. The number of amides is 1. The number of hydrogen-bond acceptors (Lipinski definition) is 2. The second-order valence-electron chi connectivity index (χ2n) is 5.99. The minimum absolute atomic E-state index is 0.00962. The second-order valence-corrected chi connectivity index (χ2v) is 6.40. The van der Waals surface area contributed by atoms with Crippen molar-refractivity contribution in [3.63, 3.8) is 0 Å². The third kappa shape index (κ3) is 4.70. The molecule has 3 rings (SSSR count). The van der Waals surface area contributed by atoms with Gasteiger partial charge in [0.1, 0.15) is 0 Å². The van der Waals surface area contributed by atoms with E-state index in [-0.39, 0.29) is 5.91 Å². The summed E-state index contributed by atoms with van der Waals surface area (Å²) in [5.41, 5.74) is 3.96. The Morgan fingerprint density at radius 1 is 1.20 bits per heavy atom. The van der Waals surface area contributed by atoms with Gasteiger partial charge in [-0.3, -0.25) is 9.48 Å². The molecule has 0 bridgehead atoms. The van der Waals surface area contributed by atoms with Gasteiger partial charge in [0.05, 0.1) is 6.54 Å².